The highest BCUT2D eigenvalue weighted by molar-refractivity contribution is 14.1. The lowest BCUT2D eigenvalue weighted by Gasteiger charge is -2.18. The Morgan fingerprint density at radius 2 is 1.40 bits per heavy atom. The van der Waals surface area contributed by atoms with Gasteiger partial charge < -0.3 is 0 Å². The molecule has 0 fully saturated rings. The second-order valence-corrected chi connectivity index (χ2v) is 8.86. The van der Waals surface area contributed by atoms with Crippen molar-refractivity contribution in [3.05, 3.63) is 63.2 Å². The molecule has 25 heavy (non-hydrogen) atoms. The lowest BCUT2D eigenvalue weighted by atomic mass is 9.87. The van der Waals surface area contributed by atoms with Gasteiger partial charge in [-0.1, -0.05) is 45.0 Å². The molecule has 0 bridgehead atoms. The maximum Gasteiger partial charge on any atom is 0.417 e. The topological polar surface area (TPSA) is 54.4 Å². The predicted octanol–water partition coefficient (Wildman–Crippen LogP) is 5.54. The van der Waals surface area contributed by atoms with Crippen LogP contribution in [0.2, 0.25) is 0 Å². The fourth-order valence-corrected chi connectivity index (χ4v) is 2.95. The molecule has 0 aromatic heterocycles. The summed E-state index contributed by atoms with van der Waals surface area (Å²) in [6.07, 6.45) is -4.80. The number of halogens is 4. The summed E-state index contributed by atoms with van der Waals surface area (Å²) < 4.78 is 67.5. The molecule has 0 spiro atoms. The molecule has 138 valence electrons. The van der Waals surface area contributed by atoms with Gasteiger partial charge in [0.1, 0.15) is 4.90 Å². The maximum atomic E-state index is 12.2. The fourth-order valence-electron chi connectivity index (χ4n) is 1.88. The summed E-state index contributed by atoms with van der Waals surface area (Å²) >= 11 is 2.32. The van der Waals surface area contributed by atoms with Crippen LogP contribution in [0.4, 0.5) is 13.2 Å². The highest BCUT2D eigenvalue weighted by Gasteiger charge is 2.36. The van der Waals surface area contributed by atoms with Crippen molar-refractivity contribution in [2.24, 2.45) is 0 Å². The van der Waals surface area contributed by atoms with Crippen molar-refractivity contribution >= 4 is 32.7 Å². The first-order chi connectivity index (χ1) is 11.2. The van der Waals surface area contributed by atoms with Gasteiger partial charge in [-0.3, -0.25) is 4.55 Å². The minimum absolute atomic E-state index is 0.282. The first kappa shape index (κ1) is 21.9. The molecule has 3 nitrogen and oxygen atoms in total. The van der Waals surface area contributed by atoms with E-state index in [1.807, 2.05) is 0 Å². The van der Waals surface area contributed by atoms with Gasteiger partial charge in [-0.15, -0.1) is 0 Å². The standard InChI is InChI=1S/C10H13I.C7H5F3O3S/c1-10(2,3)8-4-6-9(11)7-5-8;8-7(9,10)5-3-1-2-4-6(5)14(11,12)13/h4-7H,1-3H3;1-4H,(H,11,12,13). The molecule has 0 saturated carbocycles. The van der Waals surface area contributed by atoms with Crippen LogP contribution in [0.25, 0.3) is 0 Å². The molecule has 2 aromatic carbocycles. The Labute approximate surface area is 159 Å². The van der Waals surface area contributed by atoms with Gasteiger partial charge in [0.25, 0.3) is 10.1 Å². The summed E-state index contributed by atoms with van der Waals surface area (Å²) in [6.45, 7) is 6.69. The molecule has 8 heteroatoms. The van der Waals surface area contributed by atoms with Gasteiger partial charge in [0.2, 0.25) is 0 Å². The number of hydrogen-bond acceptors (Lipinski definition) is 2. The highest BCUT2D eigenvalue weighted by Crippen LogP contribution is 2.33. The summed E-state index contributed by atoms with van der Waals surface area (Å²) in [5, 5.41) is 0. The van der Waals surface area contributed by atoms with Crippen molar-refractivity contribution in [3.63, 3.8) is 0 Å². The summed E-state index contributed by atoms with van der Waals surface area (Å²) in [7, 11) is -4.84. The number of rotatable bonds is 1. The van der Waals surface area contributed by atoms with Crippen LogP contribution in [0.15, 0.2) is 53.4 Å². The molecule has 0 aliphatic rings. The van der Waals surface area contributed by atoms with Crippen LogP contribution in [-0.2, 0) is 21.7 Å². The Morgan fingerprint density at radius 1 is 0.920 bits per heavy atom. The van der Waals surface area contributed by atoms with Crippen molar-refractivity contribution in [1.82, 2.24) is 0 Å². The number of hydrogen-bond donors (Lipinski definition) is 1. The lowest BCUT2D eigenvalue weighted by molar-refractivity contribution is -0.140. The van der Waals surface area contributed by atoms with Gasteiger partial charge in [-0.05, 0) is 57.8 Å². The van der Waals surface area contributed by atoms with Gasteiger partial charge in [-0.25, -0.2) is 0 Å². The van der Waals surface area contributed by atoms with Crippen LogP contribution < -0.4 is 0 Å². The van der Waals surface area contributed by atoms with Crippen LogP contribution in [0.5, 0.6) is 0 Å². The molecule has 0 amide bonds. The molecule has 0 aliphatic carbocycles. The van der Waals surface area contributed by atoms with Gasteiger partial charge in [-0.2, -0.15) is 21.6 Å². The molecule has 0 atom stereocenters. The molecule has 1 N–H and O–H groups in total. The van der Waals surface area contributed by atoms with E-state index in [2.05, 4.69) is 67.6 Å². The van der Waals surface area contributed by atoms with E-state index < -0.39 is 26.8 Å². The molecule has 0 saturated heterocycles. The quantitative estimate of drug-likeness (QED) is 0.426. The van der Waals surface area contributed by atoms with E-state index in [4.69, 9.17) is 4.55 Å². The second-order valence-electron chi connectivity index (χ2n) is 6.23. The van der Waals surface area contributed by atoms with Crippen molar-refractivity contribution < 1.29 is 26.1 Å². The smallest absolute Gasteiger partial charge is 0.282 e. The van der Waals surface area contributed by atoms with Crippen LogP contribution in [-0.4, -0.2) is 13.0 Å². The molecule has 2 rings (SSSR count). The lowest BCUT2D eigenvalue weighted by Crippen LogP contribution is -2.12. The first-order valence-electron chi connectivity index (χ1n) is 7.12. The zero-order valence-corrected chi connectivity index (χ0v) is 16.8. The molecular weight excluding hydrogens is 468 g/mol. The van der Waals surface area contributed by atoms with Crippen molar-refractivity contribution in [2.45, 2.75) is 37.3 Å². The van der Waals surface area contributed by atoms with Gasteiger partial charge >= 0.3 is 6.18 Å². The van der Waals surface area contributed by atoms with Gasteiger partial charge in [0.05, 0.1) is 5.56 Å². The third-order valence-corrected chi connectivity index (χ3v) is 4.81. The van der Waals surface area contributed by atoms with Gasteiger partial charge in [0, 0.05) is 3.57 Å². The van der Waals surface area contributed by atoms with Crippen molar-refractivity contribution in [1.29, 1.82) is 0 Å². The van der Waals surface area contributed by atoms with Crippen molar-refractivity contribution in [3.8, 4) is 0 Å². The predicted molar refractivity (Wildman–Crippen MR) is 99.1 cm³/mol. The van der Waals surface area contributed by atoms with E-state index in [0.717, 1.165) is 12.1 Å². The number of benzene rings is 2. The Kier molecular flexibility index (Phi) is 7.05. The maximum absolute atomic E-state index is 12.2. The van der Waals surface area contributed by atoms with E-state index in [1.165, 1.54) is 9.13 Å². The van der Waals surface area contributed by atoms with Crippen LogP contribution >= 0.6 is 22.6 Å². The second kappa shape index (κ2) is 8.05. The molecule has 2 aromatic rings. The van der Waals surface area contributed by atoms with E-state index in [-0.39, 0.29) is 5.41 Å². The molecular formula is C17H18F3IO3S. The highest BCUT2D eigenvalue weighted by atomic mass is 127. The number of alkyl halides is 3. The minimum Gasteiger partial charge on any atom is -0.282 e. The molecule has 0 radical (unpaired) electrons. The third-order valence-electron chi connectivity index (χ3n) is 3.18. The normalized spacial score (nSPS) is 12.3. The summed E-state index contributed by atoms with van der Waals surface area (Å²) in [5.41, 5.74) is 0.310. The SMILES string of the molecule is CC(C)(C)c1ccc(I)cc1.O=S(=O)(O)c1ccccc1C(F)(F)F. The van der Waals surface area contributed by atoms with E-state index in [9.17, 15) is 21.6 Å². The monoisotopic (exact) mass is 486 g/mol. The van der Waals surface area contributed by atoms with Crippen LogP contribution in [0, 0.1) is 3.57 Å². The molecule has 0 unspecified atom stereocenters. The van der Waals surface area contributed by atoms with E-state index in [0.29, 0.717) is 12.1 Å². The van der Waals surface area contributed by atoms with Gasteiger partial charge in [0.15, 0.2) is 0 Å². The molecule has 0 aliphatic heterocycles. The van der Waals surface area contributed by atoms with Crippen LogP contribution in [0.1, 0.15) is 31.9 Å². The average Bonchev–Trinajstić information content (AvgIpc) is 2.46. The summed E-state index contributed by atoms with van der Waals surface area (Å²) in [6, 6.07) is 12.1. The average molecular weight is 486 g/mol. The minimum atomic E-state index is -4.84. The first-order valence-corrected chi connectivity index (χ1v) is 9.64. The zero-order chi connectivity index (χ0) is 19.5. The largest absolute Gasteiger partial charge is 0.417 e. The third kappa shape index (κ3) is 6.95. The zero-order valence-electron chi connectivity index (χ0n) is 13.8. The Bertz CT molecular complexity index is 808. The molecule has 0 heterocycles. The van der Waals surface area contributed by atoms with E-state index in [1.54, 1.807) is 0 Å². The fraction of sp³-hybridized carbons (Fsp3) is 0.294. The summed E-state index contributed by atoms with van der Waals surface area (Å²) in [4.78, 5) is -1.13. The Balaban J connectivity index is 0.000000257. The Hall–Kier alpha value is -1.13. The van der Waals surface area contributed by atoms with E-state index >= 15 is 0 Å². The Morgan fingerprint density at radius 3 is 1.76 bits per heavy atom. The van der Waals surface area contributed by atoms with Crippen molar-refractivity contribution in [2.75, 3.05) is 0 Å². The summed E-state index contributed by atoms with van der Waals surface area (Å²) in [5.74, 6) is 0. The van der Waals surface area contributed by atoms with Crippen LogP contribution in [0.3, 0.4) is 0 Å².